The van der Waals surface area contributed by atoms with Crippen LogP contribution in [0.25, 0.3) is 0 Å². The van der Waals surface area contributed by atoms with Crippen molar-refractivity contribution >= 4 is 13.3 Å². The lowest BCUT2D eigenvalue weighted by atomic mass is 10.3. The number of likely N-dealkylation sites (N-methyl/N-ethyl adjacent to an activating group) is 1. The fraction of sp³-hybridized carbons (Fsp3) is 0.667. The highest BCUT2D eigenvalue weighted by Crippen LogP contribution is 1.87. The highest BCUT2D eigenvalue weighted by Gasteiger charge is 1.99. The lowest BCUT2D eigenvalue weighted by molar-refractivity contribution is -0.138. The van der Waals surface area contributed by atoms with Crippen LogP contribution in [0.5, 0.6) is 0 Å². The Morgan fingerprint density at radius 3 is 2.12 bits per heavy atom. The minimum atomic E-state index is -2.17. The van der Waals surface area contributed by atoms with Gasteiger partial charge in [-0.1, -0.05) is 20.4 Å². The fourth-order valence-electron chi connectivity index (χ4n) is 0.874. The average molecular weight is 233 g/mol. The first-order valence-electron chi connectivity index (χ1n) is 5.03. The Labute approximate surface area is 96.3 Å². The number of carbonyl (C=O) groups is 1. The van der Waals surface area contributed by atoms with E-state index in [1.165, 1.54) is 6.08 Å². The lowest BCUT2D eigenvalue weighted by Gasteiger charge is -2.16. The molecule has 0 amide bonds. The summed E-state index contributed by atoms with van der Waals surface area (Å²) < 4.78 is 4.83. The zero-order valence-electron chi connectivity index (χ0n) is 9.80. The van der Waals surface area contributed by atoms with Gasteiger partial charge in [0.05, 0.1) is 0 Å². The molecule has 3 N–H and O–H groups in total. The van der Waals surface area contributed by atoms with Gasteiger partial charge in [-0.15, -0.1) is 0 Å². The second kappa shape index (κ2) is 12.2. The summed E-state index contributed by atoms with van der Waals surface area (Å²) in [6.45, 7) is 10.7. The van der Waals surface area contributed by atoms with E-state index in [2.05, 4.69) is 25.3 Å². The molecule has 0 radical (unpaired) electrons. The van der Waals surface area contributed by atoms with Gasteiger partial charge in [-0.25, -0.2) is 4.79 Å². The van der Waals surface area contributed by atoms with Gasteiger partial charge in [0.15, 0.2) is 0 Å². The second-order valence-electron chi connectivity index (χ2n) is 2.74. The summed E-state index contributed by atoms with van der Waals surface area (Å²) in [5.41, 5.74) is 0. The molecular weight excluding hydrogens is 213 g/mol. The Morgan fingerprint density at radius 2 is 1.81 bits per heavy atom. The molecule has 0 heterocycles. The predicted octanol–water partition coefficient (Wildman–Crippen LogP) is -0.994. The van der Waals surface area contributed by atoms with Crippen molar-refractivity contribution in [3.63, 3.8) is 0 Å². The second-order valence-corrected chi connectivity index (χ2v) is 2.74. The van der Waals surface area contributed by atoms with Crippen molar-refractivity contribution in [3.8, 4) is 0 Å². The molecule has 7 heteroatoms. The quantitative estimate of drug-likeness (QED) is 0.310. The van der Waals surface area contributed by atoms with Gasteiger partial charge in [-0.05, 0) is 13.1 Å². The molecule has 0 atom stereocenters. The zero-order chi connectivity index (χ0) is 13.0. The highest BCUT2D eigenvalue weighted by molar-refractivity contribution is 6.30. The van der Waals surface area contributed by atoms with Crippen LogP contribution < -0.4 is 0 Å². The molecule has 0 aromatic heterocycles. The third-order valence-electron chi connectivity index (χ3n) is 1.71. The van der Waals surface area contributed by atoms with Gasteiger partial charge >= 0.3 is 13.3 Å². The van der Waals surface area contributed by atoms with Crippen LogP contribution in [0.15, 0.2) is 12.7 Å². The summed E-state index contributed by atoms with van der Waals surface area (Å²) >= 11 is 0. The Bertz CT molecular complexity index is 182. The van der Waals surface area contributed by atoms with Crippen LogP contribution in [0.4, 0.5) is 0 Å². The Balaban J connectivity index is 0. The van der Waals surface area contributed by atoms with Crippen LogP contribution in [-0.2, 0) is 9.53 Å². The van der Waals surface area contributed by atoms with Crippen molar-refractivity contribution in [2.24, 2.45) is 0 Å². The van der Waals surface area contributed by atoms with Crippen molar-refractivity contribution in [1.29, 1.82) is 0 Å². The van der Waals surface area contributed by atoms with E-state index in [0.29, 0.717) is 6.61 Å². The minimum absolute atomic E-state index is 0.345. The smallest absolute Gasteiger partial charge is 0.461 e. The van der Waals surface area contributed by atoms with Crippen molar-refractivity contribution in [2.75, 3.05) is 26.2 Å². The van der Waals surface area contributed by atoms with Crippen LogP contribution in [0.1, 0.15) is 13.8 Å². The number of rotatable bonds is 6. The summed E-state index contributed by atoms with van der Waals surface area (Å²) in [5.74, 6) is -0.345. The maximum Gasteiger partial charge on any atom is 0.631 e. The van der Waals surface area contributed by atoms with Gasteiger partial charge in [-0.2, -0.15) is 0 Å². The summed E-state index contributed by atoms with van der Waals surface area (Å²) in [6, 6.07) is 0. The molecule has 0 saturated heterocycles. The molecule has 0 rings (SSSR count). The predicted molar refractivity (Wildman–Crippen MR) is 61.4 cm³/mol. The number of carbonyl (C=O) groups excluding carboxylic acids is 1. The number of ether oxygens (including phenoxy) is 1. The first kappa shape index (κ1) is 17.5. The standard InChI is InChI=1S/C9H17NO2.BH3O3/c1-4-9(11)12-8-7-10(5-2)6-3;2-1(3)4/h4H,1,5-8H2,2-3H3;2-4H. The molecule has 0 fully saturated rings. The number of hydrogen-bond donors (Lipinski definition) is 3. The maximum absolute atomic E-state index is 10.6. The molecule has 0 bridgehead atoms. The van der Waals surface area contributed by atoms with E-state index in [-0.39, 0.29) is 5.97 Å². The first-order valence-corrected chi connectivity index (χ1v) is 5.03. The molecule has 0 aromatic carbocycles. The molecular formula is C9H20BNO5. The van der Waals surface area contributed by atoms with Crippen LogP contribution in [0, 0.1) is 0 Å². The maximum atomic E-state index is 10.6. The van der Waals surface area contributed by atoms with Gasteiger partial charge < -0.3 is 24.7 Å². The van der Waals surface area contributed by atoms with Crippen molar-refractivity contribution < 1.29 is 24.6 Å². The largest absolute Gasteiger partial charge is 0.631 e. The van der Waals surface area contributed by atoms with E-state index < -0.39 is 7.32 Å². The molecule has 0 aliphatic rings. The summed E-state index contributed by atoms with van der Waals surface area (Å²) in [5, 5.41) is 21.5. The molecule has 16 heavy (non-hydrogen) atoms. The molecule has 6 nitrogen and oxygen atoms in total. The Kier molecular flexibility index (Phi) is 13.3. The van der Waals surface area contributed by atoms with Crippen molar-refractivity contribution in [2.45, 2.75) is 13.8 Å². The van der Waals surface area contributed by atoms with Crippen LogP contribution >= 0.6 is 0 Å². The third-order valence-corrected chi connectivity index (χ3v) is 1.71. The molecule has 0 spiro atoms. The van der Waals surface area contributed by atoms with E-state index in [1.807, 2.05) is 0 Å². The van der Waals surface area contributed by atoms with Crippen LogP contribution in [0.3, 0.4) is 0 Å². The van der Waals surface area contributed by atoms with E-state index in [4.69, 9.17) is 19.8 Å². The number of esters is 1. The summed E-state index contributed by atoms with van der Waals surface area (Å²) in [6.07, 6.45) is 1.18. The summed E-state index contributed by atoms with van der Waals surface area (Å²) in [4.78, 5) is 12.8. The van der Waals surface area contributed by atoms with E-state index >= 15 is 0 Å². The first-order chi connectivity index (χ1) is 7.47. The monoisotopic (exact) mass is 233 g/mol. The normalized spacial score (nSPS) is 9.12. The van der Waals surface area contributed by atoms with Crippen LogP contribution in [0.2, 0.25) is 0 Å². The average Bonchev–Trinajstić information content (AvgIpc) is 2.23. The molecule has 0 aliphatic carbocycles. The topological polar surface area (TPSA) is 90.2 Å². The SMILES string of the molecule is C=CC(=O)OCCN(CC)CC.OB(O)O. The van der Waals surface area contributed by atoms with Crippen molar-refractivity contribution in [3.05, 3.63) is 12.7 Å². The summed E-state index contributed by atoms with van der Waals surface area (Å²) in [7, 11) is -2.17. The highest BCUT2D eigenvalue weighted by atomic mass is 16.5. The fourth-order valence-corrected chi connectivity index (χ4v) is 0.874. The number of hydrogen-bond acceptors (Lipinski definition) is 6. The Hall–Kier alpha value is -0.885. The molecule has 0 aliphatic heterocycles. The minimum Gasteiger partial charge on any atom is -0.461 e. The van der Waals surface area contributed by atoms with Gasteiger partial charge in [0, 0.05) is 12.6 Å². The third kappa shape index (κ3) is 15.6. The van der Waals surface area contributed by atoms with E-state index in [1.54, 1.807) is 0 Å². The Morgan fingerprint density at radius 1 is 1.38 bits per heavy atom. The van der Waals surface area contributed by atoms with Gasteiger partial charge in [-0.3, -0.25) is 0 Å². The van der Waals surface area contributed by atoms with E-state index in [0.717, 1.165) is 19.6 Å². The van der Waals surface area contributed by atoms with Gasteiger partial charge in [0.1, 0.15) is 6.61 Å². The zero-order valence-corrected chi connectivity index (χ0v) is 9.80. The molecule has 0 saturated carbocycles. The van der Waals surface area contributed by atoms with Gasteiger partial charge in [0.2, 0.25) is 0 Å². The number of nitrogens with zero attached hydrogens (tertiary/aromatic N) is 1. The van der Waals surface area contributed by atoms with Crippen molar-refractivity contribution in [1.82, 2.24) is 4.90 Å². The van der Waals surface area contributed by atoms with E-state index in [9.17, 15) is 4.79 Å². The van der Waals surface area contributed by atoms with Crippen LogP contribution in [-0.4, -0.2) is 59.5 Å². The van der Waals surface area contributed by atoms with Gasteiger partial charge in [0.25, 0.3) is 0 Å². The molecule has 0 unspecified atom stereocenters. The molecule has 0 aromatic rings. The lowest BCUT2D eigenvalue weighted by Crippen LogP contribution is -2.27. The molecule has 94 valence electrons.